The van der Waals surface area contributed by atoms with Crippen molar-refractivity contribution in [1.29, 1.82) is 0 Å². The summed E-state index contributed by atoms with van der Waals surface area (Å²) < 4.78 is 0. The van der Waals surface area contributed by atoms with Gasteiger partial charge < -0.3 is 16.0 Å². The van der Waals surface area contributed by atoms with Gasteiger partial charge in [0.2, 0.25) is 11.8 Å². The van der Waals surface area contributed by atoms with E-state index in [1.165, 1.54) is 24.0 Å². The number of aryl methyl sites for hydroxylation is 2. The van der Waals surface area contributed by atoms with Crippen LogP contribution in [-0.4, -0.2) is 29.9 Å². The number of carbonyl (C=O) groups excluding carboxylic acids is 2. The normalized spacial score (nSPS) is 18.8. The van der Waals surface area contributed by atoms with Crippen LogP contribution in [-0.2, 0) is 28.9 Å². The number of anilines is 2. The van der Waals surface area contributed by atoms with Crippen molar-refractivity contribution < 1.29 is 9.59 Å². The maximum atomic E-state index is 12.5. The molecule has 1 atom stereocenters. The second kappa shape index (κ2) is 8.64. The largest absolute Gasteiger partial charge is 0.369 e. The molecule has 0 bridgehead atoms. The molecule has 1 fully saturated rings. The Morgan fingerprint density at radius 1 is 1.10 bits per heavy atom. The molecule has 0 saturated carbocycles. The standard InChI is InChI=1S/C23H28N4O2/c24-23(29)19-6-3-11-27(15-19)21-10-9-20(14-25-21)26-22(28)13-16-7-8-17-4-1-2-5-18(17)12-16/h7-10,12,14,19H,1-6,11,13,15H2,(H2,24,29)(H,26,28). The third kappa shape index (κ3) is 4.75. The predicted molar refractivity (Wildman–Crippen MR) is 114 cm³/mol. The minimum Gasteiger partial charge on any atom is -0.369 e. The molecule has 1 unspecified atom stereocenters. The van der Waals surface area contributed by atoms with Gasteiger partial charge in [0.1, 0.15) is 5.82 Å². The van der Waals surface area contributed by atoms with E-state index in [4.69, 9.17) is 5.73 Å². The third-order valence-electron chi connectivity index (χ3n) is 5.96. The molecule has 4 rings (SSSR count). The summed E-state index contributed by atoms with van der Waals surface area (Å²) in [6.45, 7) is 1.47. The van der Waals surface area contributed by atoms with Crippen molar-refractivity contribution in [3.05, 3.63) is 53.2 Å². The number of primary amides is 1. The second-order valence-corrected chi connectivity index (χ2v) is 8.13. The molecule has 3 N–H and O–H groups in total. The zero-order valence-electron chi connectivity index (χ0n) is 16.7. The summed E-state index contributed by atoms with van der Waals surface area (Å²) in [4.78, 5) is 30.5. The van der Waals surface area contributed by atoms with Crippen LogP contribution in [0.4, 0.5) is 11.5 Å². The van der Waals surface area contributed by atoms with Crippen LogP contribution in [0.5, 0.6) is 0 Å². The Morgan fingerprint density at radius 3 is 2.69 bits per heavy atom. The maximum Gasteiger partial charge on any atom is 0.228 e. The van der Waals surface area contributed by atoms with E-state index in [2.05, 4.69) is 33.4 Å². The SMILES string of the molecule is NC(=O)C1CCCN(c2ccc(NC(=O)Cc3ccc4c(c3)CCCC4)cn2)C1. The van der Waals surface area contributed by atoms with Gasteiger partial charge in [-0.25, -0.2) is 4.98 Å². The van der Waals surface area contributed by atoms with Crippen molar-refractivity contribution in [2.75, 3.05) is 23.3 Å². The van der Waals surface area contributed by atoms with Gasteiger partial charge in [-0.05, 0) is 67.3 Å². The minimum absolute atomic E-state index is 0.0397. The molecule has 1 aliphatic heterocycles. The van der Waals surface area contributed by atoms with E-state index in [0.29, 0.717) is 18.7 Å². The van der Waals surface area contributed by atoms with Gasteiger partial charge in [-0.15, -0.1) is 0 Å². The molecule has 2 amide bonds. The van der Waals surface area contributed by atoms with Crippen molar-refractivity contribution in [1.82, 2.24) is 4.98 Å². The first-order chi connectivity index (χ1) is 14.1. The lowest BCUT2D eigenvalue weighted by atomic mass is 9.90. The molecule has 1 aliphatic carbocycles. The van der Waals surface area contributed by atoms with Crippen LogP contribution in [0.3, 0.4) is 0 Å². The van der Waals surface area contributed by atoms with Crippen LogP contribution in [0.2, 0.25) is 0 Å². The van der Waals surface area contributed by atoms with E-state index in [-0.39, 0.29) is 17.7 Å². The number of fused-ring (bicyclic) bond motifs is 1. The fraction of sp³-hybridized carbons (Fsp3) is 0.435. The minimum atomic E-state index is -0.249. The first-order valence-electron chi connectivity index (χ1n) is 10.5. The average molecular weight is 393 g/mol. The number of benzene rings is 1. The lowest BCUT2D eigenvalue weighted by molar-refractivity contribution is -0.122. The molecule has 2 aromatic rings. The monoisotopic (exact) mass is 392 g/mol. The Balaban J connectivity index is 1.35. The molecule has 2 heterocycles. The number of nitrogens with two attached hydrogens (primary N) is 1. The van der Waals surface area contributed by atoms with E-state index in [1.54, 1.807) is 6.20 Å². The number of hydrogen-bond acceptors (Lipinski definition) is 4. The summed E-state index contributed by atoms with van der Waals surface area (Å²) in [5.41, 5.74) is 10.0. The van der Waals surface area contributed by atoms with Gasteiger partial charge in [-0.3, -0.25) is 9.59 Å². The number of piperidine rings is 1. The van der Waals surface area contributed by atoms with Gasteiger partial charge in [-0.1, -0.05) is 18.2 Å². The van der Waals surface area contributed by atoms with Crippen LogP contribution >= 0.6 is 0 Å². The molecular formula is C23H28N4O2. The van der Waals surface area contributed by atoms with Crippen molar-refractivity contribution in [2.24, 2.45) is 11.7 Å². The van der Waals surface area contributed by atoms with Gasteiger partial charge in [0.15, 0.2) is 0 Å². The summed E-state index contributed by atoms with van der Waals surface area (Å²) in [6.07, 6.45) is 8.56. The van der Waals surface area contributed by atoms with Gasteiger partial charge >= 0.3 is 0 Å². The Bertz CT molecular complexity index is 894. The van der Waals surface area contributed by atoms with Crippen LogP contribution < -0.4 is 16.0 Å². The summed E-state index contributed by atoms with van der Waals surface area (Å²) in [7, 11) is 0. The molecule has 6 heteroatoms. The number of hydrogen-bond donors (Lipinski definition) is 2. The third-order valence-corrected chi connectivity index (χ3v) is 5.96. The summed E-state index contributed by atoms with van der Waals surface area (Å²) in [5.74, 6) is 0.396. The quantitative estimate of drug-likeness (QED) is 0.819. The van der Waals surface area contributed by atoms with Gasteiger partial charge in [0.05, 0.1) is 24.2 Å². The first kappa shape index (κ1) is 19.4. The molecule has 29 heavy (non-hydrogen) atoms. The Kier molecular flexibility index (Phi) is 5.79. The van der Waals surface area contributed by atoms with E-state index < -0.39 is 0 Å². The van der Waals surface area contributed by atoms with E-state index in [0.717, 1.165) is 43.6 Å². The smallest absolute Gasteiger partial charge is 0.228 e. The molecule has 6 nitrogen and oxygen atoms in total. The highest BCUT2D eigenvalue weighted by Crippen LogP contribution is 2.24. The summed E-state index contributed by atoms with van der Waals surface area (Å²) >= 11 is 0. The van der Waals surface area contributed by atoms with Crippen molar-refractivity contribution in [2.45, 2.75) is 44.9 Å². The maximum absolute atomic E-state index is 12.5. The number of pyridine rings is 1. The molecule has 0 spiro atoms. The molecule has 152 valence electrons. The van der Waals surface area contributed by atoms with Crippen molar-refractivity contribution >= 4 is 23.3 Å². The van der Waals surface area contributed by atoms with E-state index in [1.807, 2.05) is 12.1 Å². The number of amides is 2. The van der Waals surface area contributed by atoms with Crippen molar-refractivity contribution in [3.8, 4) is 0 Å². The molecule has 1 aromatic carbocycles. The van der Waals surface area contributed by atoms with Crippen LogP contribution in [0.25, 0.3) is 0 Å². The Morgan fingerprint density at radius 2 is 1.93 bits per heavy atom. The zero-order chi connectivity index (χ0) is 20.2. The van der Waals surface area contributed by atoms with Gasteiger partial charge in [0, 0.05) is 13.1 Å². The second-order valence-electron chi connectivity index (χ2n) is 8.13. The van der Waals surface area contributed by atoms with Crippen LogP contribution in [0, 0.1) is 5.92 Å². The number of nitrogens with zero attached hydrogens (tertiary/aromatic N) is 2. The van der Waals surface area contributed by atoms with E-state index in [9.17, 15) is 9.59 Å². The van der Waals surface area contributed by atoms with Gasteiger partial charge in [0.25, 0.3) is 0 Å². The average Bonchev–Trinajstić information content (AvgIpc) is 2.74. The molecular weight excluding hydrogens is 364 g/mol. The van der Waals surface area contributed by atoms with Crippen molar-refractivity contribution in [3.63, 3.8) is 0 Å². The van der Waals surface area contributed by atoms with Crippen LogP contribution in [0.1, 0.15) is 42.4 Å². The molecule has 2 aliphatic rings. The number of nitrogens with one attached hydrogen (secondary N) is 1. The summed E-state index contributed by atoms with van der Waals surface area (Å²) in [5, 5.41) is 2.93. The Hall–Kier alpha value is -2.89. The fourth-order valence-electron chi connectivity index (χ4n) is 4.35. The lowest BCUT2D eigenvalue weighted by Gasteiger charge is -2.32. The topological polar surface area (TPSA) is 88.3 Å². The predicted octanol–water partition coefficient (Wildman–Crippen LogP) is 2.84. The van der Waals surface area contributed by atoms with E-state index >= 15 is 0 Å². The number of rotatable bonds is 5. The number of carbonyl (C=O) groups is 2. The highest BCUT2D eigenvalue weighted by Gasteiger charge is 2.24. The summed E-state index contributed by atoms with van der Waals surface area (Å²) in [6, 6.07) is 10.2. The van der Waals surface area contributed by atoms with Gasteiger partial charge in [-0.2, -0.15) is 0 Å². The number of aromatic nitrogens is 1. The first-order valence-corrected chi connectivity index (χ1v) is 10.5. The highest BCUT2D eigenvalue weighted by atomic mass is 16.2. The molecule has 1 aromatic heterocycles. The molecule has 1 saturated heterocycles. The fourth-order valence-corrected chi connectivity index (χ4v) is 4.35. The molecule has 0 radical (unpaired) electrons. The van der Waals surface area contributed by atoms with Crippen LogP contribution in [0.15, 0.2) is 36.5 Å². The lowest BCUT2D eigenvalue weighted by Crippen LogP contribution is -2.41. The zero-order valence-corrected chi connectivity index (χ0v) is 16.7. The Labute approximate surface area is 171 Å². The highest BCUT2D eigenvalue weighted by molar-refractivity contribution is 5.92.